The van der Waals surface area contributed by atoms with E-state index in [9.17, 15) is 18.0 Å². The Morgan fingerprint density at radius 1 is 0.882 bits per heavy atom. The second-order valence-electron chi connectivity index (χ2n) is 9.08. The number of fused-ring (bicyclic) bond motifs is 5. The van der Waals surface area contributed by atoms with Crippen molar-refractivity contribution >= 4 is 38.2 Å². The molecule has 0 fully saturated rings. The molecule has 6 rings (SSSR count). The Morgan fingerprint density at radius 2 is 1.59 bits per heavy atom. The summed E-state index contributed by atoms with van der Waals surface area (Å²) in [6.45, 7) is 2.20. The fourth-order valence-corrected chi connectivity index (χ4v) is 6.05. The molecule has 7 heteroatoms. The summed E-state index contributed by atoms with van der Waals surface area (Å²) in [5, 5.41) is 0.921. The van der Waals surface area contributed by atoms with Crippen molar-refractivity contribution in [3.63, 3.8) is 0 Å². The van der Waals surface area contributed by atoms with Crippen molar-refractivity contribution in [2.24, 2.45) is 5.92 Å². The van der Waals surface area contributed by atoms with Crippen LogP contribution in [0.15, 0.2) is 70.0 Å². The Labute approximate surface area is 196 Å². The summed E-state index contributed by atoms with van der Waals surface area (Å²) in [4.78, 5) is 25.7. The third kappa shape index (κ3) is 3.19. The van der Waals surface area contributed by atoms with Gasteiger partial charge in [0.1, 0.15) is 11.3 Å². The second-order valence-corrected chi connectivity index (χ2v) is 10.8. The normalized spacial score (nSPS) is 17.3. The van der Waals surface area contributed by atoms with Crippen LogP contribution in [0.2, 0.25) is 0 Å². The van der Waals surface area contributed by atoms with Gasteiger partial charge in [-0.1, -0.05) is 31.2 Å². The number of benzene rings is 3. The van der Waals surface area contributed by atoms with E-state index in [0.717, 1.165) is 41.6 Å². The first-order valence-electron chi connectivity index (χ1n) is 11.2. The van der Waals surface area contributed by atoms with Gasteiger partial charge in [-0.25, -0.2) is 8.42 Å². The molecule has 0 spiro atoms. The molecule has 0 saturated heterocycles. The smallest absolute Gasteiger partial charge is 0.261 e. The number of carbonyl (C=O) groups is 2. The van der Waals surface area contributed by atoms with Crippen molar-refractivity contribution < 1.29 is 22.4 Å². The van der Waals surface area contributed by atoms with E-state index in [2.05, 4.69) is 11.6 Å². The van der Waals surface area contributed by atoms with Crippen LogP contribution < -0.4 is 4.72 Å². The van der Waals surface area contributed by atoms with E-state index in [0.29, 0.717) is 17.2 Å². The molecule has 3 aromatic carbocycles. The first-order valence-corrected chi connectivity index (χ1v) is 12.7. The van der Waals surface area contributed by atoms with Gasteiger partial charge in [0.05, 0.1) is 4.90 Å². The van der Waals surface area contributed by atoms with Gasteiger partial charge >= 0.3 is 0 Å². The maximum Gasteiger partial charge on any atom is 0.261 e. The quantitative estimate of drug-likeness (QED) is 0.394. The van der Waals surface area contributed by atoms with Crippen LogP contribution in [0.25, 0.3) is 11.0 Å². The molecule has 0 bridgehead atoms. The van der Waals surface area contributed by atoms with Crippen LogP contribution in [0, 0.1) is 5.92 Å². The van der Waals surface area contributed by atoms with E-state index in [-0.39, 0.29) is 33.2 Å². The van der Waals surface area contributed by atoms with Crippen molar-refractivity contribution in [3.8, 4) is 0 Å². The third-order valence-corrected chi connectivity index (χ3v) is 8.13. The molecule has 0 amide bonds. The molecular weight excluding hydrogens is 450 g/mol. The third-order valence-electron chi connectivity index (χ3n) is 6.75. The highest BCUT2D eigenvalue weighted by atomic mass is 32.2. The van der Waals surface area contributed by atoms with E-state index in [4.69, 9.17) is 4.42 Å². The molecule has 1 atom stereocenters. The minimum absolute atomic E-state index is 0.0743. The Balaban J connectivity index is 1.36. The molecule has 4 aromatic rings. The summed E-state index contributed by atoms with van der Waals surface area (Å²) in [5.74, 6) is 0.884. The lowest BCUT2D eigenvalue weighted by atomic mass is 9.84. The second kappa shape index (κ2) is 7.40. The van der Waals surface area contributed by atoms with E-state index in [1.165, 1.54) is 18.2 Å². The Bertz CT molecular complexity index is 1630. The maximum absolute atomic E-state index is 13.2. The van der Waals surface area contributed by atoms with Gasteiger partial charge < -0.3 is 4.42 Å². The van der Waals surface area contributed by atoms with Crippen molar-refractivity contribution in [2.45, 2.75) is 31.1 Å². The highest BCUT2D eigenvalue weighted by molar-refractivity contribution is 7.92. The van der Waals surface area contributed by atoms with Gasteiger partial charge in [0.25, 0.3) is 10.0 Å². The zero-order valence-electron chi connectivity index (χ0n) is 18.4. The number of nitrogens with one attached hydrogen (secondary N) is 1. The number of furan rings is 1. The van der Waals surface area contributed by atoms with Crippen LogP contribution >= 0.6 is 0 Å². The topological polar surface area (TPSA) is 93.4 Å². The SMILES string of the molecule is CC1CCc2oc3ccc(NS(=O)(=O)c4ccc5c(c4)C(=O)c4ccccc4C5=O)cc3c2C1. The number of ketones is 2. The number of hydrogen-bond donors (Lipinski definition) is 1. The molecule has 1 unspecified atom stereocenters. The highest BCUT2D eigenvalue weighted by Crippen LogP contribution is 2.36. The lowest BCUT2D eigenvalue weighted by Crippen LogP contribution is -2.22. The summed E-state index contributed by atoms with van der Waals surface area (Å²) in [6, 6.07) is 15.9. The number of rotatable bonds is 3. The Hall–Kier alpha value is -3.71. The average Bonchev–Trinajstić information content (AvgIpc) is 3.19. The van der Waals surface area contributed by atoms with Crippen LogP contribution in [0.5, 0.6) is 0 Å². The van der Waals surface area contributed by atoms with Gasteiger partial charge in [0.15, 0.2) is 11.6 Å². The minimum Gasteiger partial charge on any atom is -0.461 e. The largest absolute Gasteiger partial charge is 0.461 e. The standard InChI is InChI=1S/C27H21NO5S/c1-15-6-10-24-21(12-15)22-13-16(7-11-25(22)33-24)28-34(31,32)17-8-9-20-23(14-17)27(30)19-5-3-2-4-18(19)26(20)29/h2-5,7-9,11,13-15,28H,6,10,12H2,1H3. The molecule has 6 nitrogen and oxygen atoms in total. The maximum atomic E-state index is 13.2. The van der Waals surface area contributed by atoms with Crippen molar-refractivity contribution in [2.75, 3.05) is 4.72 Å². The van der Waals surface area contributed by atoms with E-state index >= 15 is 0 Å². The molecule has 2 aliphatic carbocycles. The predicted molar refractivity (Wildman–Crippen MR) is 128 cm³/mol. The average molecular weight is 472 g/mol. The molecule has 170 valence electrons. The number of aryl methyl sites for hydroxylation is 1. The Kier molecular flexibility index (Phi) is 4.54. The zero-order valence-corrected chi connectivity index (χ0v) is 19.2. The van der Waals surface area contributed by atoms with Gasteiger partial charge in [0, 0.05) is 45.3 Å². The van der Waals surface area contributed by atoms with E-state index in [1.54, 1.807) is 42.5 Å². The Morgan fingerprint density at radius 3 is 2.35 bits per heavy atom. The van der Waals surface area contributed by atoms with Gasteiger partial charge in [-0.15, -0.1) is 0 Å². The summed E-state index contributed by atoms with van der Waals surface area (Å²) < 4.78 is 35.0. The van der Waals surface area contributed by atoms with Crippen LogP contribution in [0.4, 0.5) is 5.69 Å². The first-order chi connectivity index (χ1) is 16.3. The summed E-state index contributed by atoms with van der Waals surface area (Å²) >= 11 is 0. The fourth-order valence-electron chi connectivity index (χ4n) is 4.98. The fraction of sp³-hybridized carbons (Fsp3) is 0.185. The number of hydrogen-bond acceptors (Lipinski definition) is 5. The van der Waals surface area contributed by atoms with Crippen LogP contribution in [-0.4, -0.2) is 20.0 Å². The van der Waals surface area contributed by atoms with Crippen molar-refractivity contribution in [1.82, 2.24) is 0 Å². The lowest BCUT2D eigenvalue weighted by molar-refractivity contribution is 0.0979. The first kappa shape index (κ1) is 20.9. The number of anilines is 1. The molecular formula is C27H21NO5S. The van der Waals surface area contributed by atoms with Gasteiger partial charge in [-0.2, -0.15) is 0 Å². The molecule has 34 heavy (non-hydrogen) atoms. The number of sulfonamides is 1. The summed E-state index contributed by atoms with van der Waals surface area (Å²) in [7, 11) is -3.99. The van der Waals surface area contributed by atoms with E-state index in [1.807, 2.05) is 0 Å². The molecule has 0 saturated carbocycles. The van der Waals surface area contributed by atoms with Crippen molar-refractivity contribution in [1.29, 1.82) is 0 Å². The van der Waals surface area contributed by atoms with Crippen LogP contribution in [-0.2, 0) is 22.9 Å². The molecule has 1 aromatic heterocycles. The molecule has 2 aliphatic rings. The summed E-state index contributed by atoms with van der Waals surface area (Å²) in [6.07, 6.45) is 2.87. The minimum atomic E-state index is -3.99. The lowest BCUT2D eigenvalue weighted by Gasteiger charge is -2.18. The summed E-state index contributed by atoms with van der Waals surface area (Å²) in [5.41, 5.74) is 3.24. The zero-order chi connectivity index (χ0) is 23.6. The molecule has 1 heterocycles. The molecule has 1 N–H and O–H groups in total. The molecule has 0 radical (unpaired) electrons. The van der Waals surface area contributed by atoms with Gasteiger partial charge in [-0.3, -0.25) is 14.3 Å². The van der Waals surface area contributed by atoms with E-state index < -0.39 is 10.0 Å². The highest BCUT2D eigenvalue weighted by Gasteiger charge is 2.31. The van der Waals surface area contributed by atoms with Gasteiger partial charge in [0.2, 0.25) is 0 Å². The van der Waals surface area contributed by atoms with Gasteiger partial charge in [-0.05, 0) is 55.2 Å². The van der Waals surface area contributed by atoms with Crippen LogP contribution in [0.1, 0.15) is 56.5 Å². The van der Waals surface area contributed by atoms with Crippen LogP contribution in [0.3, 0.4) is 0 Å². The predicted octanol–water partition coefficient (Wildman–Crippen LogP) is 5.13. The number of carbonyl (C=O) groups excluding carboxylic acids is 2. The van der Waals surface area contributed by atoms with Crippen molar-refractivity contribution in [3.05, 3.63) is 94.2 Å². The molecule has 0 aliphatic heterocycles. The monoisotopic (exact) mass is 471 g/mol.